The lowest BCUT2D eigenvalue weighted by atomic mass is 10.1. The fourth-order valence-electron chi connectivity index (χ4n) is 3.17. The normalized spacial score (nSPS) is 21.6. The lowest BCUT2D eigenvalue weighted by Crippen LogP contribution is -2.49. The molecule has 23 heavy (non-hydrogen) atoms. The van der Waals surface area contributed by atoms with Gasteiger partial charge >= 0.3 is 0 Å². The van der Waals surface area contributed by atoms with Crippen LogP contribution in [-0.4, -0.2) is 45.7 Å². The highest BCUT2D eigenvalue weighted by Crippen LogP contribution is 2.16. The molecule has 3 heterocycles. The minimum absolute atomic E-state index is 0.0294. The van der Waals surface area contributed by atoms with Crippen molar-refractivity contribution in [2.45, 2.75) is 39.5 Å². The molecule has 0 radical (unpaired) electrons. The molecule has 2 atom stereocenters. The molecule has 1 amide bonds. The topological polar surface area (TPSA) is 64.4 Å². The summed E-state index contributed by atoms with van der Waals surface area (Å²) in [4.78, 5) is 31.5. The SMILES string of the molecule is CCn1c(=O)c(C(=O)N2CC(C)OC(C)C2)cc2cccnc21. The first-order valence-corrected chi connectivity index (χ1v) is 7.94. The molecule has 0 aromatic carbocycles. The number of carbonyl (C=O) groups is 1. The Hall–Kier alpha value is -2.21. The molecule has 0 aliphatic carbocycles. The van der Waals surface area contributed by atoms with Gasteiger partial charge in [-0.1, -0.05) is 0 Å². The van der Waals surface area contributed by atoms with E-state index >= 15 is 0 Å². The molecule has 3 rings (SSSR count). The molecule has 0 spiro atoms. The van der Waals surface area contributed by atoms with Crippen LogP contribution < -0.4 is 5.56 Å². The highest BCUT2D eigenvalue weighted by atomic mass is 16.5. The molecule has 2 unspecified atom stereocenters. The Morgan fingerprint density at radius 1 is 1.35 bits per heavy atom. The second kappa shape index (κ2) is 6.12. The third-order valence-corrected chi connectivity index (χ3v) is 4.10. The van der Waals surface area contributed by atoms with Gasteiger partial charge in [-0.05, 0) is 39.0 Å². The van der Waals surface area contributed by atoms with E-state index in [4.69, 9.17) is 4.74 Å². The number of pyridine rings is 2. The Bertz CT molecular complexity index is 789. The number of carbonyl (C=O) groups excluding carboxylic acids is 1. The molecule has 2 aromatic heterocycles. The van der Waals surface area contributed by atoms with Crippen LogP contribution in [0, 0.1) is 0 Å². The van der Waals surface area contributed by atoms with E-state index in [-0.39, 0.29) is 29.2 Å². The van der Waals surface area contributed by atoms with Crippen LogP contribution in [0.5, 0.6) is 0 Å². The van der Waals surface area contributed by atoms with Crippen molar-refractivity contribution in [1.29, 1.82) is 0 Å². The van der Waals surface area contributed by atoms with E-state index in [1.54, 1.807) is 27.8 Å². The van der Waals surface area contributed by atoms with Gasteiger partial charge in [0.1, 0.15) is 11.2 Å². The Balaban J connectivity index is 2.07. The van der Waals surface area contributed by atoms with Crippen molar-refractivity contribution in [3.63, 3.8) is 0 Å². The molecular weight excluding hydrogens is 294 g/mol. The number of amides is 1. The smallest absolute Gasteiger partial charge is 0.265 e. The molecular formula is C17H21N3O3. The van der Waals surface area contributed by atoms with Crippen LogP contribution in [0.1, 0.15) is 31.1 Å². The third kappa shape index (κ3) is 2.86. The van der Waals surface area contributed by atoms with Crippen molar-refractivity contribution in [1.82, 2.24) is 14.5 Å². The fourth-order valence-corrected chi connectivity index (χ4v) is 3.17. The molecule has 6 heteroatoms. The van der Waals surface area contributed by atoms with E-state index in [1.807, 2.05) is 26.8 Å². The molecule has 0 N–H and O–H groups in total. The van der Waals surface area contributed by atoms with Crippen molar-refractivity contribution in [2.24, 2.45) is 0 Å². The van der Waals surface area contributed by atoms with Gasteiger partial charge in [0, 0.05) is 31.2 Å². The maximum absolute atomic E-state index is 12.9. The zero-order valence-electron chi connectivity index (χ0n) is 13.7. The molecule has 1 aliphatic heterocycles. The largest absolute Gasteiger partial charge is 0.372 e. The summed E-state index contributed by atoms with van der Waals surface area (Å²) in [6, 6.07) is 5.33. The van der Waals surface area contributed by atoms with E-state index in [0.717, 1.165) is 5.39 Å². The predicted molar refractivity (Wildman–Crippen MR) is 87.6 cm³/mol. The summed E-state index contributed by atoms with van der Waals surface area (Å²) >= 11 is 0. The molecule has 2 aromatic rings. The minimum atomic E-state index is -0.282. The number of hydrogen-bond donors (Lipinski definition) is 0. The molecule has 122 valence electrons. The minimum Gasteiger partial charge on any atom is -0.372 e. The van der Waals surface area contributed by atoms with Crippen LogP contribution in [0.15, 0.2) is 29.2 Å². The number of aromatic nitrogens is 2. The molecule has 1 saturated heterocycles. The number of rotatable bonds is 2. The Morgan fingerprint density at radius 2 is 2.04 bits per heavy atom. The average molecular weight is 315 g/mol. The number of fused-ring (bicyclic) bond motifs is 1. The van der Waals surface area contributed by atoms with E-state index in [0.29, 0.717) is 25.3 Å². The molecule has 1 fully saturated rings. The molecule has 6 nitrogen and oxygen atoms in total. The van der Waals surface area contributed by atoms with E-state index in [9.17, 15) is 9.59 Å². The van der Waals surface area contributed by atoms with Gasteiger partial charge < -0.3 is 9.64 Å². The first-order valence-electron chi connectivity index (χ1n) is 7.94. The number of ether oxygens (including phenoxy) is 1. The van der Waals surface area contributed by atoms with Crippen molar-refractivity contribution >= 4 is 16.9 Å². The number of morpholine rings is 1. The van der Waals surface area contributed by atoms with Crippen LogP contribution >= 0.6 is 0 Å². The van der Waals surface area contributed by atoms with Crippen LogP contribution in [0.25, 0.3) is 11.0 Å². The highest BCUT2D eigenvalue weighted by molar-refractivity contribution is 5.97. The van der Waals surface area contributed by atoms with Gasteiger partial charge in [-0.15, -0.1) is 0 Å². The zero-order valence-corrected chi connectivity index (χ0v) is 13.7. The summed E-state index contributed by atoms with van der Waals surface area (Å²) in [6.45, 7) is 7.22. The van der Waals surface area contributed by atoms with Gasteiger partial charge in [-0.3, -0.25) is 14.2 Å². The second-order valence-electron chi connectivity index (χ2n) is 5.99. The summed E-state index contributed by atoms with van der Waals surface area (Å²) in [5.74, 6) is -0.232. The monoisotopic (exact) mass is 315 g/mol. The maximum atomic E-state index is 12.9. The van der Waals surface area contributed by atoms with Crippen LogP contribution in [0.2, 0.25) is 0 Å². The van der Waals surface area contributed by atoms with Crippen LogP contribution in [0.3, 0.4) is 0 Å². The van der Waals surface area contributed by atoms with E-state index in [2.05, 4.69) is 4.98 Å². The first kappa shape index (κ1) is 15.7. The predicted octanol–water partition coefficient (Wildman–Crippen LogP) is 1.67. The second-order valence-corrected chi connectivity index (χ2v) is 5.99. The molecule has 1 aliphatic rings. The molecule has 0 bridgehead atoms. The maximum Gasteiger partial charge on any atom is 0.265 e. The summed E-state index contributed by atoms with van der Waals surface area (Å²) < 4.78 is 7.21. The summed E-state index contributed by atoms with van der Waals surface area (Å²) in [6.07, 6.45) is 1.59. The highest BCUT2D eigenvalue weighted by Gasteiger charge is 2.28. The molecule has 0 saturated carbocycles. The summed E-state index contributed by atoms with van der Waals surface area (Å²) in [7, 11) is 0. The fraction of sp³-hybridized carbons (Fsp3) is 0.471. The van der Waals surface area contributed by atoms with Crippen LogP contribution in [0.4, 0.5) is 0 Å². The lowest BCUT2D eigenvalue weighted by molar-refractivity contribution is -0.0586. The van der Waals surface area contributed by atoms with Gasteiger partial charge in [0.2, 0.25) is 0 Å². The standard InChI is InChI=1S/C17H21N3O3/c1-4-20-15-13(6-5-7-18-15)8-14(17(20)22)16(21)19-9-11(2)23-12(3)10-19/h5-8,11-12H,4,9-10H2,1-3H3. The van der Waals surface area contributed by atoms with E-state index in [1.165, 1.54) is 0 Å². The van der Waals surface area contributed by atoms with Gasteiger partial charge in [-0.2, -0.15) is 0 Å². The van der Waals surface area contributed by atoms with Gasteiger partial charge in [0.25, 0.3) is 11.5 Å². The van der Waals surface area contributed by atoms with Crippen molar-refractivity contribution < 1.29 is 9.53 Å². The van der Waals surface area contributed by atoms with Crippen molar-refractivity contribution in [3.8, 4) is 0 Å². The Labute approximate surface area is 134 Å². The third-order valence-electron chi connectivity index (χ3n) is 4.10. The van der Waals surface area contributed by atoms with Gasteiger partial charge in [-0.25, -0.2) is 4.98 Å². The zero-order chi connectivity index (χ0) is 16.6. The van der Waals surface area contributed by atoms with Gasteiger partial charge in [0.15, 0.2) is 0 Å². The van der Waals surface area contributed by atoms with Crippen LogP contribution in [-0.2, 0) is 11.3 Å². The summed E-state index contributed by atoms with van der Waals surface area (Å²) in [5, 5.41) is 0.798. The Kier molecular flexibility index (Phi) is 4.17. The Morgan fingerprint density at radius 3 is 2.70 bits per heavy atom. The lowest BCUT2D eigenvalue weighted by Gasteiger charge is -2.35. The van der Waals surface area contributed by atoms with E-state index < -0.39 is 0 Å². The van der Waals surface area contributed by atoms with Gasteiger partial charge in [0.05, 0.1) is 12.2 Å². The van der Waals surface area contributed by atoms with Crippen molar-refractivity contribution in [2.75, 3.05) is 13.1 Å². The quantitative estimate of drug-likeness (QED) is 0.845. The number of hydrogen-bond acceptors (Lipinski definition) is 4. The first-order chi connectivity index (χ1) is 11.0. The number of aryl methyl sites for hydroxylation is 1. The average Bonchev–Trinajstić information content (AvgIpc) is 2.53. The van der Waals surface area contributed by atoms with Crippen molar-refractivity contribution in [3.05, 3.63) is 40.3 Å². The summed E-state index contributed by atoms with van der Waals surface area (Å²) in [5.41, 5.74) is 0.532. The number of nitrogens with zero attached hydrogens (tertiary/aromatic N) is 3.